The molecule has 1 heteroatoms. The molecule has 0 saturated heterocycles. The van der Waals surface area contributed by atoms with Gasteiger partial charge < -0.3 is 0 Å². The van der Waals surface area contributed by atoms with Gasteiger partial charge in [0.25, 0.3) is 0 Å². The summed E-state index contributed by atoms with van der Waals surface area (Å²) >= 11 is 0. The summed E-state index contributed by atoms with van der Waals surface area (Å²) in [5, 5.41) is 0. The Morgan fingerprint density at radius 2 is 1.46 bits per heavy atom. The van der Waals surface area contributed by atoms with Gasteiger partial charge in [-0.1, -0.05) is 0 Å². The van der Waals surface area contributed by atoms with Crippen molar-refractivity contribution in [3.8, 4) is 35.1 Å². The molecule has 0 radical (unpaired) electrons. The van der Waals surface area contributed by atoms with E-state index in [0.717, 1.165) is 50.3 Å². The third kappa shape index (κ3) is 2.64. The fourth-order valence-corrected chi connectivity index (χ4v) is 3.34. The van der Waals surface area contributed by atoms with E-state index in [-0.39, 0.29) is 0 Å². The van der Waals surface area contributed by atoms with Crippen LogP contribution in [0.2, 0.25) is 0 Å². The minimum absolute atomic E-state index is 0.759. The van der Waals surface area contributed by atoms with E-state index in [2.05, 4.69) is 36.1 Å². The number of benzene rings is 3. The quantitative estimate of drug-likeness (QED) is 0.363. The van der Waals surface area contributed by atoms with Gasteiger partial charge in [0.2, 0.25) is 0 Å². The first kappa shape index (κ1) is 16.0. The van der Waals surface area contributed by atoms with Crippen molar-refractivity contribution in [1.29, 1.82) is 0 Å². The Bertz CT molecular complexity index is 1050. The van der Waals surface area contributed by atoms with Crippen molar-refractivity contribution in [2.45, 2.75) is 0 Å². The first-order chi connectivity index (χ1) is 12.7. The van der Waals surface area contributed by atoms with Gasteiger partial charge >= 0.3 is 154 Å². The summed E-state index contributed by atoms with van der Waals surface area (Å²) in [6.45, 7) is 0. The average molecular weight is 331 g/mol. The fourth-order valence-electron chi connectivity index (χ4n) is 3.34. The Hall–Kier alpha value is -3.46. The Labute approximate surface area is 154 Å². The van der Waals surface area contributed by atoms with Gasteiger partial charge in [0.15, 0.2) is 0 Å². The number of methoxy groups -OCH3 is 1. The van der Waals surface area contributed by atoms with E-state index in [4.69, 9.17) is 17.6 Å². The predicted molar refractivity (Wildman–Crippen MR) is 106 cm³/mol. The van der Waals surface area contributed by atoms with Crippen molar-refractivity contribution in [2.75, 3.05) is 7.11 Å². The van der Waals surface area contributed by atoms with Crippen LogP contribution in [-0.4, -0.2) is 7.11 Å². The molecule has 0 saturated carbocycles. The van der Waals surface area contributed by atoms with E-state index in [0.29, 0.717) is 0 Å². The second kappa shape index (κ2) is 6.45. The first-order valence-electron chi connectivity index (χ1n) is 8.28. The van der Waals surface area contributed by atoms with Gasteiger partial charge in [-0.25, -0.2) is 0 Å². The summed E-state index contributed by atoms with van der Waals surface area (Å²) in [4.78, 5) is 0. The van der Waals surface area contributed by atoms with Gasteiger partial charge in [-0.3, -0.25) is 0 Å². The molecule has 1 aliphatic rings. The predicted octanol–water partition coefficient (Wildman–Crippen LogP) is 5.18. The molecule has 120 valence electrons. The molecule has 0 amide bonds. The van der Waals surface area contributed by atoms with Gasteiger partial charge in [-0.2, -0.15) is 0 Å². The molecule has 1 aliphatic carbocycles. The molecular weight excluding hydrogens is 316 g/mol. The van der Waals surface area contributed by atoms with E-state index in [1.165, 1.54) is 0 Å². The summed E-state index contributed by atoms with van der Waals surface area (Å²) in [7, 11) is 1.66. The Morgan fingerprint density at radius 3 is 2.04 bits per heavy atom. The van der Waals surface area contributed by atoms with Gasteiger partial charge in [-0.15, -0.1) is 0 Å². The van der Waals surface area contributed by atoms with Crippen LogP contribution in [0.5, 0.6) is 5.75 Å². The Kier molecular flexibility index (Phi) is 3.98. The molecule has 3 aromatic carbocycles. The van der Waals surface area contributed by atoms with Crippen molar-refractivity contribution < 1.29 is 4.74 Å². The number of hydrogen-bond acceptors (Lipinski definition) is 1. The van der Waals surface area contributed by atoms with Crippen LogP contribution in [0.4, 0.5) is 0 Å². The summed E-state index contributed by atoms with van der Waals surface area (Å²) in [6, 6.07) is 20.0. The normalized spacial score (nSPS) is 12.9. The molecule has 0 unspecified atom stereocenters. The fraction of sp³-hybridized carbons (Fsp3) is 0.0400. The summed E-state index contributed by atoms with van der Waals surface area (Å²) in [5.41, 5.74) is 8.34. The van der Waals surface area contributed by atoms with Crippen molar-refractivity contribution >= 4 is 11.6 Å². The van der Waals surface area contributed by atoms with Crippen LogP contribution in [0.1, 0.15) is 27.8 Å². The third-order valence-corrected chi connectivity index (χ3v) is 4.65. The monoisotopic (exact) mass is 331 g/mol. The average Bonchev–Trinajstić information content (AvgIpc) is 3.00. The molecule has 0 bridgehead atoms. The number of terminal acetylenes is 1. The van der Waals surface area contributed by atoms with Crippen LogP contribution in [0.15, 0.2) is 60.7 Å². The van der Waals surface area contributed by atoms with Crippen LogP contribution >= 0.6 is 0 Å². The van der Waals surface area contributed by atoms with Crippen molar-refractivity contribution in [2.24, 2.45) is 0 Å². The Morgan fingerprint density at radius 1 is 0.846 bits per heavy atom. The Balaban J connectivity index is 1.94. The first-order valence-corrected chi connectivity index (χ1v) is 8.28. The second-order valence-corrected chi connectivity index (χ2v) is 6.12. The zero-order valence-corrected chi connectivity index (χ0v) is 14.3. The molecule has 0 heterocycles. The molecule has 3 aromatic rings. The van der Waals surface area contributed by atoms with Crippen molar-refractivity contribution in [1.82, 2.24) is 0 Å². The topological polar surface area (TPSA) is 9.23 Å². The molecule has 0 N–H and O–H groups in total. The van der Waals surface area contributed by atoms with E-state index >= 15 is 0 Å². The molecule has 0 aliphatic heterocycles. The van der Waals surface area contributed by atoms with E-state index in [1.807, 2.05) is 42.5 Å². The molecule has 4 rings (SSSR count). The zero-order valence-electron chi connectivity index (χ0n) is 14.3. The van der Waals surface area contributed by atoms with Gasteiger partial charge in [0.1, 0.15) is 0 Å². The number of hydrogen-bond donors (Lipinski definition) is 0. The molecule has 0 aromatic heterocycles. The van der Waals surface area contributed by atoms with Crippen LogP contribution in [0.3, 0.4) is 0 Å². The zero-order chi connectivity index (χ0) is 18.1. The third-order valence-electron chi connectivity index (χ3n) is 4.65. The van der Waals surface area contributed by atoms with Gasteiger partial charge in [0, 0.05) is 0 Å². The summed E-state index contributed by atoms with van der Waals surface area (Å²) < 4.78 is 5.24. The standard InChI is InChI=1S/C25H15O/c1-4-17-8-12-21-22-13-9-18(5-2)15-24(22)25(23(21)14-17)16-19-6-10-20(26-3)11-7-19/h1,6-16H,3H3/q+1. The molecule has 0 fully saturated rings. The summed E-state index contributed by atoms with van der Waals surface area (Å²) in [6.07, 6.45) is 15.2. The maximum absolute atomic E-state index is 7.45. The SMILES string of the molecule is [C+]#Cc1ccc2c(c1)C(=Cc1ccc(OC)cc1)c1cc(C#C)ccc1-2. The summed E-state index contributed by atoms with van der Waals surface area (Å²) in [5.74, 6) is 6.03. The second-order valence-electron chi connectivity index (χ2n) is 6.12. The number of fused-ring (bicyclic) bond motifs is 3. The van der Waals surface area contributed by atoms with E-state index < -0.39 is 0 Å². The maximum atomic E-state index is 7.45. The molecule has 26 heavy (non-hydrogen) atoms. The van der Waals surface area contributed by atoms with E-state index in [9.17, 15) is 0 Å². The van der Waals surface area contributed by atoms with Gasteiger partial charge in [-0.05, 0) is 0 Å². The van der Waals surface area contributed by atoms with E-state index in [1.54, 1.807) is 7.11 Å². The van der Waals surface area contributed by atoms with Crippen LogP contribution < -0.4 is 4.74 Å². The minimum atomic E-state index is 0.759. The number of rotatable bonds is 2. The molecule has 0 atom stereocenters. The van der Waals surface area contributed by atoms with Crippen molar-refractivity contribution in [3.63, 3.8) is 0 Å². The van der Waals surface area contributed by atoms with Crippen LogP contribution in [0.25, 0.3) is 22.8 Å². The molecule has 0 spiro atoms. The number of ether oxygens (including phenoxy) is 1. The molecular formula is C25H15O+. The van der Waals surface area contributed by atoms with Crippen molar-refractivity contribution in [3.05, 3.63) is 94.9 Å². The van der Waals surface area contributed by atoms with Crippen LogP contribution in [-0.2, 0) is 0 Å². The molecule has 1 nitrogen and oxygen atoms in total. The van der Waals surface area contributed by atoms with Crippen LogP contribution in [0, 0.1) is 24.7 Å². The van der Waals surface area contributed by atoms with Gasteiger partial charge in [0.05, 0.1) is 0 Å².